The summed E-state index contributed by atoms with van der Waals surface area (Å²) in [5.41, 5.74) is 3.54. The Morgan fingerprint density at radius 2 is 1.97 bits per heavy atom. The van der Waals surface area contributed by atoms with Crippen molar-refractivity contribution in [3.63, 3.8) is 0 Å². The highest BCUT2D eigenvalue weighted by Crippen LogP contribution is 2.26. The van der Waals surface area contributed by atoms with E-state index in [1.165, 1.54) is 29.3 Å². The lowest BCUT2D eigenvalue weighted by Crippen LogP contribution is -2.15. The third kappa shape index (κ3) is 5.46. The normalized spacial score (nSPS) is 12.5. The van der Waals surface area contributed by atoms with E-state index in [1.807, 2.05) is 22.8 Å². The number of nitrogens with zero attached hydrogens (tertiary/aromatic N) is 3. The van der Waals surface area contributed by atoms with Crippen molar-refractivity contribution in [1.82, 2.24) is 14.8 Å². The first-order chi connectivity index (χ1) is 16.6. The van der Waals surface area contributed by atoms with Crippen molar-refractivity contribution in [2.75, 3.05) is 11.1 Å². The minimum absolute atomic E-state index is 0.0885. The Bertz CT molecular complexity index is 1270. The lowest BCUT2D eigenvalue weighted by atomic mass is 10.1. The predicted octanol–water partition coefficient (Wildman–Crippen LogP) is 5.37. The van der Waals surface area contributed by atoms with Gasteiger partial charge in [0.2, 0.25) is 5.91 Å². The number of anilines is 1. The van der Waals surface area contributed by atoms with Gasteiger partial charge in [0.15, 0.2) is 11.0 Å². The molecule has 4 aromatic rings. The van der Waals surface area contributed by atoms with E-state index >= 15 is 0 Å². The van der Waals surface area contributed by atoms with Gasteiger partial charge in [-0.2, -0.15) is 0 Å². The third-order valence-corrected chi connectivity index (χ3v) is 6.80. The van der Waals surface area contributed by atoms with Crippen LogP contribution in [0.5, 0.6) is 5.75 Å². The number of halogens is 1. The number of amides is 1. The SMILES string of the molecule is O=C(CSc1nnc(COc2ccc(Cl)cc2)n1Cc1ccco1)Nc1ccc2c(c1)CCC2. The van der Waals surface area contributed by atoms with Crippen molar-refractivity contribution in [1.29, 1.82) is 0 Å². The lowest BCUT2D eigenvalue weighted by Gasteiger charge is -2.10. The van der Waals surface area contributed by atoms with Crippen LogP contribution in [0.4, 0.5) is 5.69 Å². The molecule has 0 radical (unpaired) electrons. The van der Waals surface area contributed by atoms with Crippen molar-refractivity contribution in [3.05, 3.63) is 88.6 Å². The molecule has 174 valence electrons. The predicted molar refractivity (Wildman–Crippen MR) is 131 cm³/mol. The van der Waals surface area contributed by atoms with Gasteiger partial charge >= 0.3 is 0 Å². The molecule has 0 saturated heterocycles. The maximum Gasteiger partial charge on any atom is 0.234 e. The fraction of sp³-hybridized carbons (Fsp3) is 0.240. The number of hydrogen-bond acceptors (Lipinski definition) is 6. The zero-order valence-corrected chi connectivity index (χ0v) is 19.9. The van der Waals surface area contributed by atoms with Crippen molar-refractivity contribution >= 4 is 35.0 Å². The molecule has 9 heteroatoms. The van der Waals surface area contributed by atoms with Gasteiger partial charge in [-0.25, -0.2) is 0 Å². The number of rotatable bonds is 9. The van der Waals surface area contributed by atoms with Gasteiger partial charge in [-0.05, 0) is 78.9 Å². The van der Waals surface area contributed by atoms with Gasteiger partial charge in [0.1, 0.15) is 18.1 Å². The fourth-order valence-corrected chi connectivity index (χ4v) is 4.79. The summed E-state index contributed by atoms with van der Waals surface area (Å²) in [5.74, 6) is 2.20. The molecule has 1 N–H and O–H groups in total. The Labute approximate surface area is 206 Å². The Morgan fingerprint density at radius 1 is 1.12 bits per heavy atom. The highest BCUT2D eigenvalue weighted by Gasteiger charge is 2.17. The van der Waals surface area contributed by atoms with Crippen LogP contribution >= 0.6 is 23.4 Å². The molecule has 0 bridgehead atoms. The summed E-state index contributed by atoms with van der Waals surface area (Å²) in [6.07, 6.45) is 5.00. The molecule has 34 heavy (non-hydrogen) atoms. The molecular weight excluding hydrogens is 472 g/mol. The van der Waals surface area contributed by atoms with E-state index in [-0.39, 0.29) is 18.3 Å². The zero-order valence-electron chi connectivity index (χ0n) is 18.4. The average Bonchev–Trinajstić information content (AvgIpc) is 3.59. The molecule has 0 aliphatic heterocycles. The molecule has 0 saturated carbocycles. The maximum absolute atomic E-state index is 12.6. The first kappa shape index (κ1) is 22.6. The minimum atomic E-state index is -0.0885. The topological polar surface area (TPSA) is 82.2 Å². The molecule has 2 aromatic carbocycles. The molecule has 5 rings (SSSR count). The number of thioether (sulfide) groups is 1. The summed E-state index contributed by atoms with van der Waals surface area (Å²) in [4.78, 5) is 12.6. The molecule has 2 heterocycles. The van der Waals surface area contributed by atoms with Gasteiger partial charge < -0.3 is 14.5 Å². The van der Waals surface area contributed by atoms with Gasteiger partial charge in [0, 0.05) is 10.7 Å². The van der Waals surface area contributed by atoms with Crippen LogP contribution < -0.4 is 10.1 Å². The Balaban J connectivity index is 1.25. The van der Waals surface area contributed by atoms with Crippen molar-refractivity contribution in [3.8, 4) is 5.75 Å². The quantitative estimate of drug-likeness (QED) is 0.315. The number of ether oxygens (including phenoxy) is 1. The number of carbonyl (C=O) groups is 1. The molecule has 0 spiro atoms. The molecule has 0 unspecified atom stereocenters. The maximum atomic E-state index is 12.6. The van der Waals surface area contributed by atoms with Gasteiger partial charge in [0.25, 0.3) is 0 Å². The van der Waals surface area contributed by atoms with Gasteiger partial charge in [-0.15, -0.1) is 10.2 Å². The molecule has 1 amide bonds. The lowest BCUT2D eigenvalue weighted by molar-refractivity contribution is -0.113. The van der Waals surface area contributed by atoms with Crippen LogP contribution in [0.3, 0.4) is 0 Å². The van der Waals surface area contributed by atoms with E-state index in [0.717, 1.165) is 24.3 Å². The number of carbonyl (C=O) groups excluding carboxylic acids is 1. The van der Waals surface area contributed by atoms with Gasteiger partial charge in [-0.3, -0.25) is 9.36 Å². The first-order valence-electron chi connectivity index (χ1n) is 11.0. The smallest absolute Gasteiger partial charge is 0.234 e. The summed E-state index contributed by atoms with van der Waals surface area (Å²) in [6, 6.07) is 17.0. The fourth-order valence-electron chi connectivity index (χ4n) is 3.91. The van der Waals surface area contributed by atoms with Crippen LogP contribution in [0, 0.1) is 0 Å². The Kier molecular flexibility index (Phi) is 6.87. The molecule has 0 atom stereocenters. The number of fused-ring (bicyclic) bond motifs is 1. The second-order valence-electron chi connectivity index (χ2n) is 7.98. The van der Waals surface area contributed by atoms with Crippen LogP contribution in [-0.4, -0.2) is 26.4 Å². The van der Waals surface area contributed by atoms with Crippen LogP contribution in [0.1, 0.15) is 29.1 Å². The van der Waals surface area contributed by atoms with Gasteiger partial charge in [0.05, 0.1) is 18.6 Å². The van der Waals surface area contributed by atoms with E-state index in [0.29, 0.717) is 28.3 Å². The molecule has 1 aliphatic carbocycles. The third-order valence-electron chi connectivity index (χ3n) is 5.58. The van der Waals surface area contributed by atoms with E-state index in [9.17, 15) is 4.79 Å². The van der Waals surface area contributed by atoms with Crippen molar-refractivity contribution < 1.29 is 13.9 Å². The highest BCUT2D eigenvalue weighted by atomic mass is 35.5. The molecule has 0 fully saturated rings. The standard InChI is InChI=1S/C25H23ClN4O3S/c26-19-7-10-21(11-8-19)33-15-23-28-29-25(30(23)14-22-5-2-12-32-22)34-16-24(31)27-20-9-6-17-3-1-4-18(17)13-20/h2,5-13H,1,3-4,14-16H2,(H,27,31). The van der Waals surface area contributed by atoms with E-state index in [1.54, 1.807) is 30.5 Å². The Hall–Kier alpha value is -3.23. The second kappa shape index (κ2) is 10.4. The summed E-state index contributed by atoms with van der Waals surface area (Å²) >= 11 is 7.27. The summed E-state index contributed by atoms with van der Waals surface area (Å²) in [6.45, 7) is 0.658. The zero-order chi connectivity index (χ0) is 23.3. The first-order valence-corrected chi connectivity index (χ1v) is 12.4. The summed E-state index contributed by atoms with van der Waals surface area (Å²) in [7, 11) is 0. The number of benzene rings is 2. The minimum Gasteiger partial charge on any atom is -0.486 e. The summed E-state index contributed by atoms with van der Waals surface area (Å²) in [5, 5.41) is 12.9. The number of hydrogen-bond donors (Lipinski definition) is 1. The van der Waals surface area contributed by atoms with E-state index in [4.69, 9.17) is 20.8 Å². The highest BCUT2D eigenvalue weighted by molar-refractivity contribution is 7.99. The largest absolute Gasteiger partial charge is 0.486 e. The van der Waals surface area contributed by atoms with Crippen LogP contribution in [0.2, 0.25) is 5.02 Å². The van der Waals surface area contributed by atoms with Crippen LogP contribution in [0.25, 0.3) is 0 Å². The summed E-state index contributed by atoms with van der Waals surface area (Å²) < 4.78 is 13.3. The van der Waals surface area contributed by atoms with Crippen molar-refractivity contribution in [2.45, 2.75) is 37.6 Å². The molecule has 7 nitrogen and oxygen atoms in total. The number of aryl methyl sites for hydroxylation is 2. The van der Waals surface area contributed by atoms with Crippen LogP contribution in [-0.2, 0) is 30.8 Å². The average molecular weight is 495 g/mol. The van der Waals surface area contributed by atoms with E-state index < -0.39 is 0 Å². The number of nitrogens with one attached hydrogen (secondary N) is 1. The monoisotopic (exact) mass is 494 g/mol. The van der Waals surface area contributed by atoms with Gasteiger partial charge in [-0.1, -0.05) is 29.4 Å². The van der Waals surface area contributed by atoms with E-state index in [2.05, 4.69) is 27.6 Å². The second-order valence-corrected chi connectivity index (χ2v) is 9.36. The molecular formula is C25H23ClN4O3S. The molecule has 1 aliphatic rings. The number of aromatic nitrogens is 3. The Morgan fingerprint density at radius 3 is 2.79 bits per heavy atom. The van der Waals surface area contributed by atoms with Crippen molar-refractivity contribution in [2.24, 2.45) is 0 Å². The number of furan rings is 1. The molecule has 2 aromatic heterocycles. The van der Waals surface area contributed by atoms with Crippen LogP contribution in [0.15, 0.2) is 70.4 Å².